The Bertz CT molecular complexity index is 557. The van der Waals surface area contributed by atoms with Gasteiger partial charge in [0.05, 0.1) is 11.2 Å². The number of fused-ring (bicyclic) bond motifs is 2. The zero-order valence-corrected chi connectivity index (χ0v) is 11.8. The summed E-state index contributed by atoms with van der Waals surface area (Å²) in [5.41, 5.74) is 1.07. The Hall–Kier alpha value is -0.600. The zero-order valence-electron chi connectivity index (χ0n) is 9.98. The quantitative estimate of drug-likeness (QED) is 0.378. The highest BCUT2D eigenvalue weighted by Crippen LogP contribution is 2.60. The van der Waals surface area contributed by atoms with Crippen molar-refractivity contribution in [3.8, 4) is 11.5 Å². The van der Waals surface area contributed by atoms with E-state index in [1.54, 1.807) is 0 Å². The molecule has 4 unspecified atom stereocenters. The Kier molecular flexibility index (Phi) is 2.39. The van der Waals surface area contributed by atoms with Gasteiger partial charge in [-0.15, -0.1) is 4.84 Å². The van der Waals surface area contributed by atoms with Crippen molar-refractivity contribution in [2.24, 2.45) is 5.92 Å². The van der Waals surface area contributed by atoms with Crippen molar-refractivity contribution in [1.29, 1.82) is 0 Å². The number of hydrogen-bond donors (Lipinski definition) is 2. The summed E-state index contributed by atoms with van der Waals surface area (Å²) in [6.45, 7) is 0.611. The molecule has 0 amide bonds. The first-order valence-corrected chi connectivity index (χ1v) is 7.07. The Balaban J connectivity index is 1.59. The number of thiol groups is 2. The second kappa shape index (κ2) is 3.73. The van der Waals surface area contributed by atoms with Crippen molar-refractivity contribution in [1.82, 2.24) is 0 Å². The van der Waals surface area contributed by atoms with Crippen LogP contribution in [0.2, 0.25) is 0 Å². The molecule has 0 aromatic heterocycles. The van der Waals surface area contributed by atoms with Gasteiger partial charge in [-0.3, -0.25) is 0 Å². The van der Waals surface area contributed by atoms with Crippen molar-refractivity contribution in [2.45, 2.75) is 16.7 Å². The topological polar surface area (TPSA) is 54.0 Å². The summed E-state index contributed by atoms with van der Waals surface area (Å²) >= 11 is 8.90. The van der Waals surface area contributed by atoms with E-state index in [0.717, 1.165) is 17.1 Å². The van der Waals surface area contributed by atoms with Crippen LogP contribution in [-0.4, -0.2) is 28.5 Å². The summed E-state index contributed by atoms with van der Waals surface area (Å²) in [4.78, 5) is 4.54. The van der Waals surface area contributed by atoms with Crippen molar-refractivity contribution in [3.63, 3.8) is 0 Å². The molecule has 3 heterocycles. The van der Waals surface area contributed by atoms with E-state index >= 15 is 0 Å². The van der Waals surface area contributed by atoms with E-state index in [1.807, 2.05) is 18.2 Å². The normalized spacial score (nSPS) is 42.3. The van der Waals surface area contributed by atoms with Gasteiger partial charge in [0.2, 0.25) is 6.79 Å². The minimum Gasteiger partial charge on any atom is -0.595 e. The first kappa shape index (κ1) is 12.2. The van der Waals surface area contributed by atoms with Gasteiger partial charge in [-0.25, -0.2) is 0 Å². The summed E-state index contributed by atoms with van der Waals surface area (Å²) < 4.78 is 10.6. The number of quaternary nitrogens is 1. The van der Waals surface area contributed by atoms with E-state index in [4.69, 9.17) is 14.3 Å². The average molecular weight is 299 g/mol. The lowest BCUT2D eigenvalue weighted by molar-refractivity contribution is -0.869. The predicted molar refractivity (Wildman–Crippen MR) is 73.8 cm³/mol. The molecule has 0 bridgehead atoms. The van der Waals surface area contributed by atoms with Crippen LogP contribution in [0, 0.1) is 11.1 Å². The molecule has 0 saturated carbocycles. The van der Waals surface area contributed by atoms with Gasteiger partial charge in [0, 0.05) is 0 Å². The molecule has 4 atom stereocenters. The SMILES string of the molecule is [O-][N+]12CC(S)C(Cc3ccc4c(c3)OCO4)C1(S)O2. The van der Waals surface area contributed by atoms with E-state index in [9.17, 15) is 5.21 Å². The van der Waals surface area contributed by atoms with Crippen LogP contribution in [0.5, 0.6) is 11.5 Å². The fraction of sp³-hybridized carbons (Fsp3) is 0.500. The highest BCUT2D eigenvalue weighted by atomic mass is 32.1. The Morgan fingerprint density at radius 3 is 2.89 bits per heavy atom. The lowest BCUT2D eigenvalue weighted by Crippen LogP contribution is -2.25. The van der Waals surface area contributed by atoms with Crippen LogP contribution in [0.4, 0.5) is 0 Å². The third-order valence-corrected chi connectivity index (χ3v) is 5.25. The van der Waals surface area contributed by atoms with Gasteiger partial charge in [-0.2, -0.15) is 17.4 Å². The third-order valence-electron chi connectivity index (χ3n) is 4.01. The van der Waals surface area contributed by atoms with Crippen molar-refractivity contribution in [2.75, 3.05) is 13.3 Å². The van der Waals surface area contributed by atoms with Gasteiger partial charge >= 0.3 is 5.06 Å². The van der Waals surface area contributed by atoms with E-state index in [-0.39, 0.29) is 18.0 Å². The molecule has 19 heavy (non-hydrogen) atoms. The maximum Gasteiger partial charge on any atom is 0.333 e. The first-order chi connectivity index (χ1) is 9.02. The van der Waals surface area contributed by atoms with Crippen LogP contribution in [0.15, 0.2) is 18.2 Å². The first-order valence-electron chi connectivity index (χ1n) is 6.11. The lowest BCUT2D eigenvalue weighted by atomic mass is 9.96. The average Bonchev–Trinajstić information content (AvgIpc) is 2.71. The minimum atomic E-state index is -0.928. The second-order valence-corrected chi connectivity index (χ2v) is 6.48. The van der Waals surface area contributed by atoms with Crippen molar-refractivity contribution < 1.29 is 19.1 Å². The molecule has 0 aliphatic carbocycles. The number of nitrogens with zero attached hydrogens (tertiary/aromatic N) is 1. The molecular formula is C12H13NO4S2. The number of hydroxylamine groups is 4. The Labute approximate surface area is 121 Å². The van der Waals surface area contributed by atoms with Gasteiger partial charge in [0.25, 0.3) is 0 Å². The van der Waals surface area contributed by atoms with E-state index in [1.165, 1.54) is 0 Å². The molecule has 0 radical (unpaired) electrons. The van der Waals surface area contributed by atoms with Crippen LogP contribution >= 0.6 is 25.3 Å². The predicted octanol–water partition coefficient (Wildman–Crippen LogP) is 1.73. The molecule has 1 aromatic rings. The van der Waals surface area contributed by atoms with Gasteiger partial charge in [0.15, 0.2) is 11.5 Å². The molecule has 3 aliphatic heterocycles. The molecule has 5 nitrogen and oxygen atoms in total. The molecule has 1 aromatic carbocycles. The van der Waals surface area contributed by atoms with Crippen LogP contribution in [-0.2, 0) is 11.3 Å². The van der Waals surface area contributed by atoms with Crippen molar-refractivity contribution >= 4 is 25.3 Å². The van der Waals surface area contributed by atoms with Crippen LogP contribution in [0.1, 0.15) is 5.56 Å². The third kappa shape index (κ3) is 1.62. The molecule has 0 N–H and O–H groups in total. The van der Waals surface area contributed by atoms with Gasteiger partial charge < -0.3 is 14.7 Å². The molecule has 0 spiro atoms. The second-order valence-electron chi connectivity index (χ2n) is 5.17. The monoisotopic (exact) mass is 299 g/mol. The van der Waals surface area contributed by atoms with Gasteiger partial charge in [0.1, 0.15) is 6.54 Å². The summed E-state index contributed by atoms with van der Waals surface area (Å²) in [6.07, 6.45) is 0.691. The molecule has 102 valence electrons. The standard InChI is InChI=1S/C12H13NO4S2/c14-13-5-11(18)8(12(13,19)17-13)3-7-1-2-9-10(4-7)16-6-15-9/h1-2,4,8,11,18-19H,3,5-6H2. The number of rotatable bonds is 2. The Morgan fingerprint density at radius 2 is 2.16 bits per heavy atom. The molecule has 4 rings (SSSR count). The van der Waals surface area contributed by atoms with Gasteiger partial charge in [-0.1, -0.05) is 18.7 Å². The van der Waals surface area contributed by atoms with E-state index < -0.39 is 9.87 Å². The highest BCUT2D eigenvalue weighted by molar-refractivity contribution is 7.82. The smallest absolute Gasteiger partial charge is 0.333 e. The van der Waals surface area contributed by atoms with E-state index in [2.05, 4.69) is 25.3 Å². The molecular weight excluding hydrogens is 286 g/mol. The summed E-state index contributed by atoms with van der Waals surface area (Å²) in [5.74, 6) is 1.49. The highest BCUT2D eigenvalue weighted by Gasteiger charge is 2.77. The van der Waals surface area contributed by atoms with Crippen LogP contribution in [0.25, 0.3) is 0 Å². The van der Waals surface area contributed by atoms with Gasteiger partial charge in [-0.05, 0) is 24.1 Å². The van der Waals surface area contributed by atoms with Crippen molar-refractivity contribution in [3.05, 3.63) is 29.0 Å². The van der Waals surface area contributed by atoms with Crippen LogP contribution < -0.4 is 9.47 Å². The fourth-order valence-corrected chi connectivity index (χ4v) is 4.02. The zero-order chi connectivity index (χ0) is 13.3. The lowest BCUT2D eigenvalue weighted by Gasteiger charge is -2.14. The Morgan fingerprint density at radius 1 is 1.37 bits per heavy atom. The largest absolute Gasteiger partial charge is 0.595 e. The minimum absolute atomic E-state index is 0.00540. The number of hydrogen-bond acceptors (Lipinski definition) is 6. The van der Waals surface area contributed by atoms with E-state index in [0.29, 0.717) is 13.0 Å². The molecule has 3 aliphatic rings. The molecule has 7 heteroatoms. The molecule has 2 saturated heterocycles. The maximum atomic E-state index is 12.0. The van der Waals surface area contributed by atoms with Crippen LogP contribution in [0.3, 0.4) is 0 Å². The maximum absolute atomic E-state index is 12.0. The number of ether oxygens (including phenoxy) is 2. The summed E-state index contributed by atoms with van der Waals surface area (Å²) in [5, 5.41) is 11.1. The summed E-state index contributed by atoms with van der Waals surface area (Å²) in [7, 11) is 0. The fourth-order valence-electron chi connectivity index (χ4n) is 2.90. The number of benzene rings is 1. The molecule has 2 fully saturated rings. The summed E-state index contributed by atoms with van der Waals surface area (Å²) in [6, 6.07) is 5.81.